The smallest absolute Gasteiger partial charge is 0.238 e. The molecule has 3 N–H and O–H groups in total. The summed E-state index contributed by atoms with van der Waals surface area (Å²) in [6, 6.07) is 14.0. The molecule has 31 heavy (non-hydrogen) atoms. The molecule has 0 unspecified atom stereocenters. The van der Waals surface area contributed by atoms with Crippen LogP contribution in [0.3, 0.4) is 0 Å². The molecule has 0 spiro atoms. The highest BCUT2D eigenvalue weighted by Crippen LogP contribution is 2.37. The average Bonchev–Trinajstić information content (AvgIpc) is 3.17. The van der Waals surface area contributed by atoms with Crippen LogP contribution in [0.4, 0.5) is 5.69 Å². The van der Waals surface area contributed by atoms with Crippen molar-refractivity contribution in [1.82, 2.24) is 9.97 Å². The third-order valence-electron chi connectivity index (χ3n) is 4.50. The monoisotopic (exact) mass is 470 g/mol. The first-order chi connectivity index (χ1) is 14.8. The summed E-state index contributed by atoms with van der Waals surface area (Å²) in [5.41, 5.74) is 3.79. The van der Waals surface area contributed by atoms with Gasteiger partial charge in [0.1, 0.15) is 16.2 Å². The van der Waals surface area contributed by atoms with Gasteiger partial charge in [-0.1, -0.05) is 41.6 Å². The Hall–Kier alpha value is -2.79. The van der Waals surface area contributed by atoms with Crippen LogP contribution in [0.2, 0.25) is 0 Å². The predicted octanol–water partition coefficient (Wildman–Crippen LogP) is 4.04. The van der Waals surface area contributed by atoms with Crippen molar-refractivity contribution in [2.75, 3.05) is 11.1 Å². The maximum Gasteiger partial charge on any atom is 0.238 e. The second-order valence-corrected chi connectivity index (χ2v) is 10.2. The molecule has 2 aromatic carbocycles. The Kier molecular flexibility index (Phi) is 6.05. The number of primary sulfonamides is 1. The standard InChI is InChI=1S/C21H18N4O3S3/c1-13-2-4-14(5-3-13)17-10-29-20-19(17)21(24-12-23-20)30-11-18(26)25-15-6-8-16(9-7-15)31(22,27)28/h2-10,12H,11H2,1H3,(H,25,26)(H2,22,27,28). The fourth-order valence-electron chi connectivity index (χ4n) is 2.96. The number of amides is 1. The number of hydrogen-bond acceptors (Lipinski definition) is 7. The van der Waals surface area contributed by atoms with Gasteiger partial charge in [0.05, 0.1) is 16.0 Å². The van der Waals surface area contributed by atoms with E-state index in [1.54, 1.807) is 11.3 Å². The minimum absolute atomic E-state index is 0.00987. The molecule has 0 saturated carbocycles. The van der Waals surface area contributed by atoms with Crippen LogP contribution >= 0.6 is 23.1 Å². The van der Waals surface area contributed by atoms with Crippen LogP contribution in [0.1, 0.15) is 5.56 Å². The summed E-state index contributed by atoms with van der Waals surface area (Å²) in [7, 11) is -3.77. The maximum atomic E-state index is 12.4. The van der Waals surface area contributed by atoms with Gasteiger partial charge >= 0.3 is 0 Å². The third-order valence-corrected chi connectivity index (χ3v) is 7.31. The summed E-state index contributed by atoms with van der Waals surface area (Å²) in [5, 5.41) is 11.6. The van der Waals surface area contributed by atoms with E-state index >= 15 is 0 Å². The van der Waals surface area contributed by atoms with Crippen molar-refractivity contribution >= 4 is 54.9 Å². The van der Waals surface area contributed by atoms with Crippen LogP contribution in [-0.2, 0) is 14.8 Å². The second-order valence-electron chi connectivity index (χ2n) is 6.78. The molecule has 0 aliphatic rings. The number of aromatic nitrogens is 2. The number of fused-ring (bicyclic) bond motifs is 1. The van der Waals surface area contributed by atoms with E-state index in [1.807, 2.05) is 6.92 Å². The molecule has 0 atom stereocenters. The van der Waals surface area contributed by atoms with E-state index in [2.05, 4.69) is 44.9 Å². The van der Waals surface area contributed by atoms with Crippen LogP contribution < -0.4 is 10.5 Å². The number of nitrogens with zero attached hydrogens (tertiary/aromatic N) is 2. The molecule has 0 aliphatic heterocycles. The number of anilines is 1. The molecule has 2 heterocycles. The minimum Gasteiger partial charge on any atom is -0.325 e. The SMILES string of the molecule is Cc1ccc(-c2csc3ncnc(SCC(=O)Nc4ccc(S(N)(=O)=O)cc4)c23)cc1. The van der Waals surface area contributed by atoms with E-state index in [4.69, 9.17) is 5.14 Å². The molecule has 0 fully saturated rings. The quantitative estimate of drug-likeness (QED) is 0.325. The Balaban J connectivity index is 1.50. The summed E-state index contributed by atoms with van der Waals surface area (Å²) >= 11 is 2.87. The summed E-state index contributed by atoms with van der Waals surface area (Å²) in [6.07, 6.45) is 1.50. The molecule has 1 amide bonds. The zero-order valence-corrected chi connectivity index (χ0v) is 18.9. The van der Waals surface area contributed by atoms with Crippen molar-refractivity contribution < 1.29 is 13.2 Å². The van der Waals surface area contributed by atoms with E-state index in [1.165, 1.54) is 47.9 Å². The number of nitrogens with one attached hydrogen (secondary N) is 1. The lowest BCUT2D eigenvalue weighted by Gasteiger charge is -2.07. The topological polar surface area (TPSA) is 115 Å². The fourth-order valence-corrected chi connectivity index (χ4v) is 5.27. The van der Waals surface area contributed by atoms with E-state index in [9.17, 15) is 13.2 Å². The molecule has 10 heteroatoms. The van der Waals surface area contributed by atoms with Crippen molar-refractivity contribution in [3.05, 3.63) is 65.8 Å². The van der Waals surface area contributed by atoms with Crippen LogP contribution in [0.5, 0.6) is 0 Å². The lowest BCUT2D eigenvalue weighted by molar-refractivity contribution is -0.113. The van der Waals surface area contributed by atoms with Crippen LogP contribution in [0.15, 0.2) is 70.2 Å². The first-order valence-electron chi connectivity index (χ1n) is 9.16. The second kappa shape index (κ2) is 8.75. The number of benzene rings is 2. The number of thiophene rings is 1. The summed E-state index contributed by atoms with van der Waals surface area (Å²) in [6.45, 7) is 2.04. The Labute approximate surface area is 187 Å². The lowest BCUT2D eigenvalue weighted by Crippen LogP contribution is -2.15. The van der Waals surface area contributed by atoms with Crippen molar-refractivity contribution in [3.8, 4) is 11.1 Å². The molecule has 0 aliphatic carbocycles. The number of aryl methyl sites for hydroxylation is 1. The molecule has 0 saturated heterocycles. The number of rotatable bonds is 6. The first-order valence-corrected chi connectivity index (χ1v) is 12.6. The minimum atomic E-state index is -3.77. The van der Waals surface area contributed by atoms with E-state index in [-0.39, 0.29) is 16.6 Å². The van der Waals surface area contributed by atoms with Crippen molar-refractivity contribution in [3.63, 3.8) is 0 Å². The summed E-state index contributed by atoms with van der Waals surface area (Å²) < 4.78 is 22.7. The lowest BCUT2D eigenvalue weighted by atomic mass is 10.1. The number of sulfonamides is 1. The normalized spacial score (nSPS) is 11.5. The summed E-state index contributed by atoms with van der Waals surface area (Å²) in [5.74, 6) is -0.0843. The van der Waals surface area contributed by atoms with Gasteiger partial charge in [0.15, 0.2) is 0 Å². The van der Waals surface area contributed by atoms with Gasteiger partial charge in [-0.25, -0.2) is 23.5 Å². The highest BCUT2D eigenvalue weighted by molar-refractivity contribution is 8.00. The van der Waals surface area contributed by atoms with Crippen molar-refractivity contribution in [1.29, 1.82) is 0 Å². The third kappa shape index (κ3) is 4.93. The molecular weight excluding hydrogens is 452 g/mol. The van der Waals surface area contributed by atoms with Gasteiger partial charge in [0.2, 0.25) is 15.9 Å². The van der Waals surface area contributed by atoms with Gasteiger partial charge in [-0.15, -0.1) is 11.3 Å². The Morgan fingerprint density at radius 3 is 2.48 bits per heavy atom. The van der Waals surface area contributed by atoms with Gasteiger partial charge in [-0.05, 0) is 36.8 Å². The Morgan fingerprint density at radius 1 is 1.10 bits per heavy atom. The molecule has 0 radical (unpaired) electrons. The maximum absolute atomic E-state index is 12.4. The predicted molar refractivity (Wildman–Crippen MR) is 125 cm³/mol. The zero-order chi connectivity index (χ0) is 22.0. The van der Waals surface area contributed by atoms with Gasteiger partial charge in [-0.3, -0.25) is 4.79 Å². The molecule has 0 bridgehead atoms. The van der Waals surface area contributed by atoms with Gasteiger partial charge in [0.25, 0.3) is 0 Å². The molecule has 158 valence electrons. The van der Waals surface area contributed by atoms with E-state index < -0.39 is 10.0 Å². The molecule has 7 nitrogen and oxygen atoms in total. The van der Waals surface area contributed by atoms with E-state index in [0.29, 0.717) is 5.69 Å². The fraction of sp³-hybridized carbons (Fsp3) is 0.0952. The Morgan fingerprint density at radius 2 is 1.81 bits per heavy atom. The summed E-state index contributed by atoms with van der Waals surface area (Å²) in [4.78, 5) is 22.0. The average molecular weight is 471 g/mol. The van der Waals surface area contributed by atoms with Crippen LogP contribution in [0, 0.1) is 6.92 Å². The number of hydrogen-bond donors (Lipinski definition) is 2. The highest BCUT2D eigenvalue weighted by Gasteiger charge is 2.15. The van der Waals surface area contributed by atoms with Gasteiger partial charge < -0.3 is 5.32 Å². The van der Waals surface area contributed by atoms with Crippen LogP contribution in [0.25, 0.3) is 21.3 Å². The number of carbonyl (C=O) groups is 1. The van der Waals surface area contributed by atoms with Gasteiger partial charge in [-0.2, -0.15) is 0 Å². The van der Waals surface area contributed by atoms with Gasteiger partial charge in [0, 0.05) is 16.6 Å². The number of carbonyl (C=O) groups excluding carboxylic acids is 1. The van der Waals surface area contributed by atoms with Crippen LogP contribution in [-0.4, -0.2) is 30.0 Å². The number of nitrogens with two attached hydrogens (primary N) is 1. The molecule has 2 aromatic heterocycles. The molecule has 4 rings (SSSR count). The number of thioether (sulfide) groups is 1. The largest absolute Gasteiger partial charge is 0.325 e. The van der Waals surface area contributed by atoms with E-state index in [0.717, 1.165) is 26.4 Å². The molecule has 4 aromatic rings. The first kappa shape index (κ1) is 21.4. The molecular formula is C21H18N4O3S3. The zero-order valence-electron chi connectivity index (χ0n) is 16.4. The Bertz CT molecular complexity index is 1350. The van der Waals surface area contributed by atoms with Crippen molar-refractivity contribution in [2.45, 2.75) is 16.8 Å². The van der Waals surface area contributed by atoms with Crippen molar-refractivity contribution in [2.24, 2.45) is 5.14 Å². The highest BCUT2D eigenvalue weighted by atomic mass is 32.2.